The van der Waals surface area contributed by atoms with Crippen LogP contribution in [0.3, 0.4) is 0 Å². The summed E-state index contributed by atoms with van der Waals surface area (Å²) in [6.45, 7) is 1.54. The van der Waals surface area contributed by atoms with Gasteiger partial charge in [-0.15, -0.1) is 11.3 Å². The van der Waals surface area contributed by atoms with E-state index in [2.05, 4.69) is 26.2 Å². The summed E-state index contributed by atoms with van der Waals surface area (Å²) in [6.07, 6.45) is -0.904. The fraction of sp³-hybridized carbons (Fsp3) is 0.118. The minimum atomic E-state index is -0.904. The van der Waals surface area contributed by atoms with Crippen molar-refractivity contribution in [2.75, 3.05) is 5.32 Å². The lowest BCUT2D eigenvalue weighted by molar-refractivity contribution is -0.123. The number of fused-ring (bicyclic) bond motifs is 1. The molecule has 0 aliphatic heterocycles. The van der Waals surface area contributed by atoms with Crippen LogP contribution in [0.15, 0.2) is 52.4 Å². The van der Waals surface area contributed by atoms with Crippen LogP contribution in [-0.2, 0) is 9.53 Å². The van der Waals surface area contributed by atoms with E-state index in [0.717, 1.165) is 14.7 Å². The number of halogens is 1. The van der Waals surface area contributed by atoms with Crippen LogP contribution in [0, 0.1) is 0 Å². The van der Waals surface area contributed by atoms with Gasteiger partial charge in [0.05, 0.1) is 21.3 Å². The van der Waals surface area contributed by atoms with Crippen molar-refractivity contribution in [3.05, 3.63) is 58.0 Å². The first kappa shape index (κ1) is 16.6. The first-order valence-corrected chi connectivity index (χ1v) is 8.81. The molecule has 5 nitrogen and oxygen atoms in total. The third-order valence-electron chi connectivity index (χ3n) is 3.33. The standard InChI is InChI=1S/C17H13BrN2O3S/c1-10(16(21)20-13-5-3-12(18)4-6-13)23-17(22)11-2-7-14-15(8-11)24-9-19-14/h2-10H,1H3,(H,20,21). The quantitative estimate of drug-likeness (QED) is 0.660. The van der Waals surface area contributed by atoms with Crippen molar-refractivity contribution >= 4 is 55.0 Å². The summed E-state index contributed by atoms with van der Waals surface area (Å²) >= 11 is 4.77. The molecule has 0 radical (unpaired) electrons. The van der Waals surface area contributed by atoms with E-state index in [9.17, 15) is 9.59 Å². The van der Waals surface area contributed by atoms with E-state index in [1.807, 2.05) is 12.1 Å². The summed E-state index contributed by atoms with van der Waals surface area (Å²) in [7, 11) is 0. The average molecular weight is 405 g/mol. The summed E-state index contributed by atoms with van der Waals surface area (Å²) in [6, 6.07) is 12.3. The molecule has 1 unspecified atom stereocenters. The van der Waals surface area contributed by atoms with Crippen molar-refractivity contribution in [1.82, 2.24) is 4.98 Å². The molecule has 1 aromatic heterocycles. The van der Waals surface area contributed by atoms with E-state index < -0.39 is 12.1 Å². The van der Waals surface area contributed by atoms with Crippen LogP contribution < -0.4 is 5.32 Å². The zero-order valence-electron chi connectivity index (χ0n) is 12.7. The number of thiazole rings is 1. The molecule has 0 saturated carbocycles. The molecule has 0 saturated heterocycles. The molecule has 1 amide bonds. The van der Waals surface area contributed by atoms with Gasteiger partial charge in [0.2, 0.25) is 0 Å². The van der Waals surface area contributed by atoms with Gasteiger partial charge >= 0.3 is 5.97 Å². The van der Waals surface area contributed by atoms with Gasteiger partial charge in [-0.1, -0.05) is 15.9 Å². The van der Waals surface area contributed by atoms with Gasteiger partial charge in [-0.2, -0.15) is 0 Å². The van der Waals surface area contributed by atoms with E-state index in [0.29, 0.717) is 11.3 Å². The van der Waals surface area contributed by atoms with E-state index in [-0.39, 0.29) is 5.91 Å². The zero-order valence-corrected chi connectivity index (χ0v) is 15.1. The summed E-state index contributed by atoms with van der Waals surface area (Å²) in [5.74, 6) is -0.923. The smallest absolute Gasteiger partial charge is 0.338 e. The number of carbonyl (C=O) groups is 2. The highest BCUT2D eigenvalue weighted by Crippen LogP contribution is 2.20. The molecule has 1 atom stereocenters. The van der Waals surface area contributed by atoms with E-state index >= 15 is 0 Å². The van der Waals surface area contributed by atoms with Crippen LogP contribution in [-0.4, -0.2) is 23.0 Å². The molecular formula is C17H13BrN2O3S. The molecule has 24 heavy (non-hydrogen) atoms. The van der Waals surface area contributed by atoms with Crippen molar-refractivity contribution in [3.63, 3.8) is 0 Å². The molecule has 1 heterocycles. The Bertz CT molecular complexity index is 892. The van der Waals surface area contributed by atoms with E-state index in [4.69, 9.17) is 4.74 Å². The van der Waals surface area contributed by atoms with Crippen LogP contribution in [0.4, 0.5) is 5.69 Å². The van der Waals surface area contributed by atoms with Gasteiger partial charge in [0, 0.05) is 10.2 Å². The Balaban J connectivity index is 1.64. The second-order valence-corrected chi connectivity index (χ2v) is 6.88. The number of nitrogens with one attached hydrogen (secondary N) is 1. The number of aromatic nitrogens is 1. The Morgan fingerprint density at radius 3 is 2.71 bits per heavy atom. The van der Waals surface area contributed by atoms with Crippen molar-refractivity contribution in [2.24, 2.45) is 0 Å². The van der Waals surface area contributed by atoms with Crippen molar-refractivity contribution in [1.29, 1.82) is 0 Å². The second-order valence-electron chi connectivity index (χ2n) is 5.08. The van der Waals surface area contributed by atoms with Gasteiger partial charge in [0.15, 0.2) is 6.10 Å². The number of nitrogens with zero attached hydrogens (tertiary/aromatic N) is 1. The highest BCUT2D eigenvalue weighted by molar-refractivity contribution is 9.10. The number of rotatable bonds is 4. The summed E-state index contributed by atoms with van der Waals surface area (Å²) in [4.78, 5) is 28.5. The number of hydrogen-bond donors (Lipinski definition) is 1. The molecule has 0 bridgehead atoms. The Kier molecular flexibility index (Phi) is 4.92. The third-order valence-corrected chi connectivity index (χ3v) is 4.65. The summed E-state index contributed by atoms with van der Waals surface area (Å²) < 4.78 is 7.06. The lowest BCUT2D eigenvalue weighted by Gasteiger charge is -2.13. The van der Waals surface area contributed by atoms with Crippen LogP contribution in [0.2, 0.25) is 0 Å². The number of ether oxygens (including phenoxy) is 1. The predicted molar refractivity (Wildman–Crippen MR) is 97.3 cm³/mol. The molecule has 3 aromatic rings. The van der Waals surface area contributed by atoms with Crippen LogP contribution in [0.1, 0.15) is 17.3 Å². The minimum absolute atomic E-state index is 0.385. The molecule has 1 N–H and O–H groups in total. The van der Waals surface area contributed by atoms with E-state index in [1.54, 1.807) is 35.8 Å². The van der Waals surface area contributed by atoms with Gasteiger partial charge < -0.3 is 10.1 Å². The van der Waals surface area contributed by atoms with E-state index in [1.165, 1.54) is 18.3 Å². The Hall–Kier alpha value is -2.25. The van der Waals surface area contributed by atoms with Crippen LogP contribution >= 0.6 is 27.3 Å². The Morgan fingerprint density at radius 2 is 1.96 bits per heavy atom. The highest BCUT2D eigenvalue weighted by Gasteiger charge is 2.19. The number of amides is 1. The number of benzene rings is 2. The topological polar surface area (TPSA) is 68.3 Å². The summed E-state index contributed by atoms with van der Waals surface area (Å²) in [5, 5.41) is 2.71. The number of hydrogen-bond acceptors (Lipinski definition) is 5. The van der Waals surface area contributed by atoms with Crippen molar-refractivity contribution in [3.8, 4) is 0 Å². The van der Waals surface area contributed by atoms with Gasteiger partial charge in [0.25, 0.3) is 5.91 Å². The monoisotopic (exact) mass is 404 g/mol. The molecule has 7 heteroatoms. The maximum absolute atomic E-state index is 12.2. The molecule has 0 aliphatic carbocycles. The molecular weight excluding hydrogens is 392 g/mol. The molecule has 122 valence electrons. The fourth-order valence-electron chi connectivity index (χ4n) is 2.04. The SMILES string of the molecule is CC(OC(=O)c1ccc2ncsc2c1)C(=O)Nc1ccc(Br)cc1. The highest BCUT2D eigenvalue weighted by atomic mass is 79.9. The average Bonchev–Trinajstić information content (AvgIpc) is 3.04. The third kappa shape index (κ3) is 3.80. The maximum Gasteiger partial charge on any atom is 0.338 e. The summed E-state index contributed by atoms with van der Waals surface area (Å²) in [5.41, 5.74) is 3.58. The maximum atomic E-state index is 12.2. The molecule has 3 rings (SSSR count). The number of esters is 1. The Morgan fingerprint density at radius 1 is 1.21 bits per heavy atom. The second kappa shape index (κ2) is 7.11. The Labute approximate surface area is 150 Å². The van der Waals surface area contributed by atoms with Crippen LogP contribution in [0.25, 0.3) is 10.2 Å². The molecule has 0 aliphatic rings. The first-order valence-electron chi connectivity index (χ1n) is 7.13. The lowest BCUT2D eigenvalue weighted by Crippen LogP contribution is -2.29. The zero-order chi connectivity index (χ0) is 17.1. The van der Waals surface area contributed by atoms with Gasteiger partial charge in [0.1, 0.15) is 0 Å². The van der Waals surface area contributed by atoms with Gasteiger partial charge in [-0.05, 0) is 49.4 Å². The number of carbonyl (C=O) groups excluding carboxylic acids is 2. The van der Waals surface area contributed by atoms with Gasteiger partial charge in [-0.3, -0.25) is 4.79 Å². The fourth-order valence-corrected chi connectivity index (χ4v) is 3.02. The minimum Gasteiger partial charge on any atom is -0.449 e. The molecule has 0 fully saturated rings. The molecule has 0 spiro atoms. The van der Waals surface area contributed by atoms with Gasteiger partial charge in [-0.25, -0.2) is 9.78 Å². The molecule has 2 aromatic carbocycles. The predicted octanol–water partition coefficient (Wildman–Crippen LogP) is 4.24. The normalized spacial score (nSPS) is 11.9. The van der Waals surface area contributed by atoms with Crippen molar-refractivity contribution in [2.45, 2.75) is 13.0 Å². The lowest BCUT2D eigenvalue weighted by atomic mass is 10.2. The van der Waals surface area contributed by atoms with Crippen LogP contribution in [0.5, 0.6) is 0 Å². The van der Waals surface area contributed by atoms with Crippen molar-refractivity contribution < 1.29 is 14.3 Å². The number of anilines is 1. The largest absolute Gasteiger partial charge is 0.449 e. The first-order chi connectivity index (χ1) is 11.5.